The van der Waals surface area contributed by atoms with E-state index in [4.69, 9.17) is 51.6 Å². The number of para-hydroxylation sites is 1. The Kier molecular flexibility index (Phi) is 13.0. The maximum absolute atomic E-state index is 13.3. The molecule has 0 aromatic heterocycles. The van der Waals surface area contributed by atoms with Crippen LogP contribution in [0.3, 0.4) is 0 Å². The summed E-state index contributed by atoms with van der Waals surface area (Å²) in [4.78, 5) is 26.2. The smallest absolute Gasteiger partial charge is 0.194 e. The van der Waals surface area contributed by atoms with Gasteiger partial charge in [-0.1, -0.05) is 41.4 Å². The van der Waals surface area contributed by atoms with E-state index in [1.807, 2.05) is 127 Å². The zero-order valence-electron chi connectivity index (χ0n) is 34.8. The van der Waals surface area contributed by atoms with E-state index in [1.165, 1.54) is 0 Å². The normalized spacial score (nSPS) is 10.7. The maximum Gasteiger partial charge on any atom is 0.194 e. The number of ketones is 2. The van der Waals surface area contributed by atoms with E-state index < -0.39 is 0 Å². The number of ether oxygens (including phenoxy) is 6. The van der Waals surface area contributed by atoms with E-state index in [1.54, 1.807) is 91.0 Å². The summed E-state index contributed by atoms with van der Waals surface area (Å²) in [7, 11) is 0. The number of rotatable bonds is 16. The lowest BCUT2D eigenvalue weighted by atomic mass is 10.0. The van der Waals surface area contributed by atoms with Crippen LogP contribution in [0.5, 0.6) is 69.0 Å². The molecule has 322 valence electrons. The van der Waals surface area contributed by atoms with Crippen LogP contribution in [0.15, 0.2) is 218 Å². The van der Waals surface area contributed by atoms with Crippen LogP contribution in [0.1, 0.15) is 31.8 Å². The van der Waals surface area contributed by atoms with Gasteiger partial charge in [0.25, 0.3) is 0 Å². The fourth-order valence-corrected chi connectivity index (χ4v) is 7.00. The van der Waals surface area contributed by atoms with Crippen LogP contribution < -0.4 is 28.4 Å². The molecule has 0 saturated heterocycles. The summed E-state index contributed by atoms with van der Waals surface area (Å²) < 4.78 is 35.9. The predicted molar refractivity (Wildman–Crippen MR) is 255 cm³/mol. The van der Waals surface area contributed by atoms with Crippen molar-refractivity contribution in [2.75, 3.05) is 0 Å². The fourth-order valence-electron chi connectivity index (χ4n) is 6.62. The Bertz CT molecular complexity index is 3070. The average Bonchev–Trinajstić information content (AvgIpc) is 3.35. The minimum atomic E-state index is -0.246. The first-order valence-electron chi connectivity index (χ1n) is 20.6. The first-order valence-corrected chi connectivity index (χ1v) is 21.4. The van der Waals surface area contributed by atoms with Crippen LogP contribution in [0.4, 0.5) is 0 Å². The number of carbonyl (C=O) groups is 2. The molecule has 0 bridgehead atoms. The van der Waals surface area contributed by atoms with Crippen molar-refractivity contribution in [2.45, 2.75) is 0 Å². The molecular weight excluding hydrogens is 872 g/mol. The minimum absolute atomic E-state index is 0.148. The van der Waals surface area contributed by atoms with Gasteiger partial charge in [-0.3, -0.25) is 9.59 Å². The second-order valence-electron chi connectivity index (χ2n) is 14.7. The Morgan fingerprint density at radius 3 is 0.803 bits per heavy atom. The molecule has 0 unspecified atom stereocenters. The molecule has 0 amide bonds. The van der Waals surface area contributed by atoms with E-state index >= 15 is 0 Å². The highest BCUT2D eigenvalue weighted by Crippen LogP contribution is 2.33. The van der Waals surface area contributed by atoms with Crippen molar-refractivity contribution in [3.8, 4) is 69.0 Å². The Balaban J connectivity index is 0.720. The lowest BCUT2D eigenvalue weighted by Crippen LogP contribution is -2.02. The maximum atomic E-state index is 13.3. The average molecular weight is 908 g/mol. The van der Waals surface area contributed by atoms with Gasteiger partial charge in [0, 0.05) is 27.3 Å². The highest BCUT2D eigenvalue weighted by atomic mass is 35.5. The van der Waals surface area contributed by atoms with Gasteiger partial charge < -0.3 is 28.4 Å². The Hall–Kier alpha value is -8.30. The van der Waals surface area contributed by atoms with Gasteiger partial charge in [0.1, 0.15) is 69.0 Å². The van der Waals surface area contributed by atoms with Gasteiger partial charge in [-0.15, -0.1) is 0 Å². The van der Waals surface area contributed by atoms with Crippen molar-refractivity contribution in [3.05, 3.63) is 251 Å². The topological polar surface area (TPSA) is 89.5 Å². The van der Waals surface area contributed by atoms with E-state index in [9.17, 15) is 9.59 Å². The second kappa shape index (κ2) is 20.0. The number of benzene rings is 9. The molecular formula is C56H36Cl2O8. The SMILES string of the molecule is O=C(c1ccc(Oc2ccc(Oc3ccc(Oc4ccc(Oc5ccc(Oc6ccccc6)cc5)cc4)cc3)cc2)cc1)c1ccc(Oc2ccc(C(=O)c3cc(Cl)ccc3Cl)cc2)cc1. The molecule has 0 aliphatic heterocycles. The number of hydrogen-bond acceptors (Lipinski definition) is 8. The van der Waals surface area contributed by atoms with E-state index in [2.05, 4.69) is 0 Å². The molecule has 0 radical (unpaired) electrons. The summed E-state index contributed by atoms with van der Waals surface area (Å²) in [5.74, 6) is 7.30. The summed E-state index contributed by atoms with van der Waals surface area (Å²) in [6.45, 7) is 0. The highest BCUT2D eigenvalue weighted by molar-refractivity contribution is 6.36. The summed E-state index contributed by atoms with van der Waals surface area (Å²) in [6.07, 6.45) is 0. The van der Waals surface area contributed by atoms with E-state index in [0.717, 1.165) is 11.5 Å². The van der Waals surface area contributed by atoms with Gasteiger partial charge in [-0.25, -0.2) is 0 Å². The Morgan fingerprint density at radius 1 is 0.273 bits per heavy atom. The lowest BCUT2D eigenvalue weighted by Gasteiger charge is -2.11. The monoisotopic (exact) mass is 906 g/mol. The van der Waals surface area contributed by atoms with Crippen LogP contribution in [0.2, 0.25) is 10.0 Å². The molecule has 0 heterocycles. The second-order valence-corrected chi connectivity index (χ2v) is 15.5. The molecule has 0 saturated carbocycles. The minimum Gasteiger partial charge on any atom is -0.457 e. The zero-order chi connectivity index (χ0) is 45.2. The molecule has 0 spiro atoms. The Morgan fingerprint density at radius 2 is 0.515 bits per heavy atom. The van der Waals surface area contributed by atoms with Crippen molar-refractivity contribution in [1.29, 1.82) is 0 Å². The number of halogens is 2. The highest BCUT2D eigenvalue weighted by Gasteiger charge is 2.15. The van der Waals surface area contributed by atoms with Crippen molar-refractivity contribution in [3.63, 3.8) is 0 Å². The van der Waals surface area contributed by atoms with Gasteiger partial charge >= 0.3 is 0 Å². The van der Waals surface area contributed by atoms with Crippen molar-refractivity contribution in [1.82, 2.24) is 0 Å². The molecule has 66 heavy (non-hydrogen) atoms. The molecule has 9 aromatic rings. The lowest BCUT2D eigenvalue weighted by molar-refractivity contribution is 0.103. The van der Waals surface area contributed by atoms with Crippen LogP contribution >= 0.6 is 23.2 Å². The quantitative estimate of drug-likeness (QED) is 0.0886. The van der Waals surface area contributed by atoms with E-state index in [-0.39, 0.29) is 11.6 Å². The van der Waals surface area contributed by atoms with Gasteiger partial charge in [0.2, 0.25) is 0 Å². The third-order valence-electron chi connectivity index (χ3n) is 9.97. The van der Waals surface area contributed by atoms with Crippen LogP contribution in [-0.4, -0.2) is 11.6 Å². The van der Waals surface area contributed by atoms with Crippen molar-refractivity contribution < 1.29 is 38.0 Å². The van der Waals surface area contributed by atoms with Crippen LogP contribution in [0.25, 0.3) is 0 Å². The first kappa shape index (κ1) is 43.0. The largest absolute Gasteiger partial charge is 0.457 e. The van der Waals surface area contributed by atoms with Crippen molar-refractivity contribution in [2.24, 2.45) is 0 Å². The summed E-state index contributed by atoms with van der Waals surface area (Å²) in [5, 5.41) is 0.751. The van der Waals surface area contributed by atoms with E-state index in [0.29, 0.717) is 89.8 Å². The number of hydrogen-bond donors (Lipinski definition) is 0. The number of carbonyl (C=O) groups excluding carboxylic acids is 2. The summed E-state index contributed by atoms with van der Waals surface area (Å²) >= 11 is 12.3. The molecule has 8 nitrogen and oxygen atoms in total. The third-order valence-corrected chi connectivity index (χ3v) is 10.5. The van der Waals surface area contributed by atoms with Crippen molar-refractivity contribution >= 4 is 34.8 Å². The summed E-state index contributed by atoms with van der Waals surface area (Å²) in [5.41, 5.74) is 1.77. The third kappa shape index (κ3) is 11.1. The molecule has 9 rings (SSSR count). The fraction of sp³-hybridized carbons (Fsp3) is 0. The van der Waals surface area contributed by atoms with Gasteiger partial charge in [0.15, 0.2) is 11.6 Å². The molecule has 0 N–H and O–H groups in total. The van der Waals surface area contributed by atoms with Gasteiger partial charge in [0.05, 0.1) is 5.02 Å². The van der Waals surface area contributed by atoms with Crippen LogP contribution in [0, 0.1) is 0 Å². The molecule has 9 aromatic carbocycles. The van der Waals surface area contributed by atoms with Crippen LogP contribution in [-0.2, 0) is 0 Å². The zero-order valence-corrected chi connectivity index (χ0v) is 36.3. The summed E-state index contributed by atoms with van der Waals surface area (Å²) in [6, 6.07) is 64.3. The first-order chi connectivity index (χ1) is 32.3. The van der Waals surface area contributed by atoms with Gasteiger partial charge in [-0.05, 0) is 200 Å². The molecule has 10 heteroatoms. The molecule has 0 atom stereocenters. The molecule has 0 aliphatic carbocycles. The molecule has 0 aliphatic rings. The standard InChI is InChI=1S/C56H36Cl2O8/c57-40-12-35-54(58)53(36-40)56(60)39-10-17-44(18-11-39)62-42-13-6-37(7-14-42)55(59)38-8-15-43(16-9-38)63-46-23-25-48(26-24-46)65-50-31-33-52(34-32-50)66-51-29-27-49(28-30-51)64-47-21-19-45(20-22-47)61-41-4-2-1-3-5-41/h1-36H. The predicted octanol–water partition coefficient (Wildman–Crippen LogP) is 16.2. The molecule has 0 fully saturated rings. The Labute approximate surface area is 390 Å². The van der Waals surface area contributed by atoms with Gasteiger partial charge in [-0.2, -0.15) is 0 Å².